The fraction of sp³-hybridized carbons (Fsp3) is 0. The molecule has 0 fully saturated rings. The Bertz CT molecular complexity index is 2370. The molecule has 0 unspecified atom stereocenters. The molecule has 0 amide bonds. The number of fused-ring (bicyclic) bond motifs is 8. The van der Waals surface area contributed by atoms with Crippen molar-refractivity contribution in [2.45, 2.75) is 0 Å². The van der Waals surface area contributed by atoms with Crippen LogP contribution in [0.15, 0.2) is 142 Å². The maximum atomic E-state index is 6.46. The minimum atomic E-state index is 0.797. The smallest absolute Gasteiger partial charge is 0.178 e. The van der Waals surface area contributed by atoms with Gasteiger partial charge in [0.1, 0.15) is 5.58 Å². The van der Waals surface area contributed by atoms with E-state index in [1.165, 1.54) is 49.0 Å². The third-order valence-electron chi connectivity index (χ3n) is 8.34. The first-order valence-electron chi connectivity index (χ1n) is 13.6. The molecule has 0 saturated carbocycles. The Morgan fingerprint density at radius 1 is 0.400 bits per heavy atom. The molecule has 40 heavy (non-hydrogen) atoms. The largest absolute Gasteiger partial charge is 0.460 e. The zero-order valence-electron chi connectivity index (χ0n) is 21.5. The number of hydrogen-bond donors (Lipinski definition) is 0. The van der Waals surface area contributed by atoms with Crippen LogP contribution in [0.4, 0.5) is 0 Å². The summed E-state index contributed by atoms with van der Waals surface area (Å²) in [6.07, 6.45) is 1.72. The van der Waals surface area contributed by atoms with Crippen molar-refractivity contribution >= 4 is 65.2 Å². The van der Waals surface area contributed by atoms with Crippen LogP contribution in [0.25, 0.3) is 87.5 Å². The zero-order chi connectivity index (χ0) is 26.2. The van der Waals surface area contributed by atoms with E-state index in [-0.39, 0.29) is 0 Å². The van der Waals surface area contributed by atoms with Gasteiger partial charge in [-0.15, -0.1) is 0 Å². The Morgan fingerprint density at radius 2 is 1.05 bits per heavy atom. The van der Waals surface area contributed by atoms with Crippen LogP contribution in [-0.4, -0.2) is 0 Å². The van der Waals surface area contributed by atoms with Crippen LogP contribution in [0.1, 0.15) is 0 Å². The summed E-state index contributed by atoms with van der Waals surface area (Å²) >= 11 is 0. The molecule has 0 aliphatic carbocycles. The Kier molecular flexibility index (Phi) is 4.36. The molecule has 0 aliphatic rings. The molecule has 0 bridgehead atoms. The molecule has 7 aromatic carbocycles. The van der Waals surface area contributed by atoms with Crippen molar-refractivity contribution in [3.05, 3.63) is 134 Å². The molecule has 186 valence electrons. The second-order valence-corrected chi connectivity index (χ2v) is 10.5. The molecule has 0 saturated heterocycles. The van der Waals surface area contributed by atoms with Gasteiger partial charge in [-0.1, -0.05) is 103 Å². The summed E-state index contributed by atoms with van der Waals surface area (Å²) in [5.41, 5.74) is 7.35. The van der Waals surface area contributed by atoms with Gasteiger partial charge in [0.2, 0.25) is 0 Å². The molecule has 2 aromatic heterocycles. The van der Waals surface area contributed by atoms with Gasteiger partial charge >= 0.3 is 0 Å². The van der Waals surface area contributed by atoms with Crippen molar-refractivity contribution in [1.29, 1.82) is 0 Å². The van der Waals surface area contributed by atoms with Crippen LogP contribution < -0.4 is 0 Å². The second-order valence-electron chi connectivity index (χ2n) is 10.5. The fourth-order valence-electron chi connectivity index (χ4n) is 6.59. The van der Waals surface area contributed by atoms with E-state index in [0.717, 1.165) is 38.5 Å². The second kappa shape index (κ2) is 8.08. The van der Waals surface area contributed by atoms with E-state index in [0.29, 0.717) is 0 Å². The molecule has 2 heteroatoms. The highest BCUT2D eigenvalue weighted by molar-refractivity contribution is 6.24. The van der Waals surface area contributed by atoms with E-state index in [1.807, 2.05) is 6.07 Å². The topological polar surface area (TPSA) is 26.3 Å². The van der Waals surface area contributed by atoms with Crippen molar-refractivity contribution in [1.82, 2.24) is 0 Å². The molecule has 9 rings (SSSR count). The lowest BCUT2D eigenvalue weighted by Crippen LogP contribution is -1.91. The first kappa shape index (κ1) is 21.6. The number of furan rings is 2. The lowest BCUT2D eigenvalue weighted by molar-refractivity contribution is 0.600. The SMILES string of the molecule is c1ccc2c(-c3c4ccccc4c(-c4ccc5c(c4)oc4c5ccc5ccoc54)c4ccccc34)cccc2c1. The molecular formula is C38H22O2. The minimum absolute atomic E-state index is 0.797. The Balaban J connectivity index is 1.39. The molecule has 0 spiro atoms. The standard InChI is InChI=1S/C38H22O2/c1-2-10-26-23(8-1)9-7-15-28(26)36-31-13-5-3-11-29(31)35(30-12-4-6-14-32(30)36)25-17-18-27-33-19-16-24-20-21-39-37(24)38(33)40-34(27)22-25/h1-22H. The van der Waals surface area contributed by atoms with E-state index in [4.69, 9.17) is 8.83 Å². The minimum Gasteiger partial charge on any atom is -0.460 e. The fourth-order valence-corrected chi connectivity index (χ4v) is 6.59. The van der Waals surface area contributed by atoms with Crippen LogP contribution in [0.3, 0.4) is 0 Å². The lowest BCUT2D eigenvalue weighted by atomic mass is 9.84. The zero-order valence-corrected chi connectivity index (χ0v) is 21.5. The normalized spacial score (nSPS) is 12.0. The predicted octanol–water partition coefficient (Wildman–Crippen LogP) is 11.1. The van der Waals surface area contributed by atoms with E-state index >= 15 is 0 Å². The summed E-state index contributed by atoms with van der Waals surface area (Å²) in [5.74, 6) is 0. The van der Waals surface area contributed by atoms with E-state index in [9.17, 15) is 0 Å². The Labute approximate surface area is 229 Å². The predicted molar refractivity (Wildman–Crippen MR) is 167 cm³/mol. The summed E-state index contributed by atoms with van der Waals surface area (Å²) in [6, 6.07) is 45.7. The van der Waals surface area contributed by atoms with Gasteiger partial charge in [0.15, 0.2) is 11.2 Å². The van der Waals surface area contributed by atoms with Gasteiger partial charge in [-0.25, -0.2) is 0 Å². The summed E-state index contributed by atoms with van der Waals surface area (Å²) in [5, 5.41) is 10.7. The van der Waals surface area contributed by atoms with Gasteiger partial charge in [-0.05, 0) is 78.8 Å². The maximum absolute atomic E-state index is 6.46. The maximum Gasteiger partial charge on any atom is 0.178 e. The lowest BCUT2D eigenvalue weighted by Gasteiger charge is -2.18. The van der Waals surface area contributed by atoms with E-state index in [1.54, 1.807) is 6.26 Å². The first-order chi connectivity index (χ1) is 19.8. The third-order valence-corrected chi connectivity index (χ3v) is 8.34. The molecule has 0 atom stereocenters. The van der Waals surface area contributed by atoms with Crippen LogP contribution in [-0.2, 0) is 0 Å². The summed E-state index contributed by atoms with van der Waals surface area (Å²) in [6.45, 7) is 0. The van der Waals surface area contributed by atoms with E-state index in [2.05, 4.69) is 121 Å². The molecule has 2 heterocycles. The highest BCUT2D eigenvalue weighted by Crippen LogP contribution is 2.46. The van der Waals surface area contributed by atoms with Gasteiger partial charge in [0, 0.05) is 16.2 Å². The highest BCUT2D eigenvalue weighted by Gasteiger charge is 2.19. The number of benzene rings is 7. The summed E-state index contributed by atoms with van der Waals surface area (Å²) in [7, 11) is 0. The van der Waals surface area contributed by atoms with Crippen LogP contribution in [0, 0.1) is 0 Å². The average Bonchev–Trinajstić information content (AvgIpc) is 3.64. The van der Waals surface area contributed by atoms with Crippen molar-refractivity contribution in [3.63, 3.8) is 0 Å². The summed E-state index contributed by atoms with van der Waals surface area (Å²) < 4.78 is 12.2. The molecule has 2 nitrogen and oxygen atoms in total. The molecular weight excluding hydrogens is 488 g/mol. The third kappa shape index (κ3) is 2.93. The monoisotopic (exact) mass is 510 g/mol. The van der Waals surface area contributed by atoms with Gasteiger partial charge in [0.25, 0.3) is 0 Å². The first-order valence-corrected chi connectivity index (χ1v) is 13.6. The van der Waals surface area contributed by atoms with Crippen molar-refractivity contribution in [2.24, 2.45) is 0 Å². The Hall–Kier alpha value is -5.34. The number of rotatable bonds is 2. The molecule has 0 aliphatic heterocycles. The van der Waals surface area contributed by atoms with Crippen molar-refractivity contribution in [2.75, 3.05) is 0 Å². The van der Waals surface area contributed by atoms with Crippen molar-refractivity contribution < 1.29 is 8.83 Å². The molecule has 0 radical (unpaired) electrons. The van der Waals surface area contributed by atoms with Gasteiger partial charge in [0.05, 0.1) is 6.26 Å². The van der Waals surface area contributed by atoms with Gasteiger partial charge < -0.3 is 8.83 Å². The molecule has 9 aromatic rings. The summed E-state index contributed by atoms with van der Waals surface area (Å²) in [4.78, 5) is 0. The highest BCUT2D eigenvalue weighted by atomic mass is 16.4. The number of hydrogen-bond acceptors (Lipinski definition) is 2. The van der Waals surface area contributed by atoms with Gasteiger partial charge in [-0.2, -0.15) is 0 Å². The van der Waals surface area contributed by atoms with E-state index < -0.39 is 0 Å². The average molecular weight is 511 g/mol. The quantitative estimate of drug-likeness (QED) is 0.216. The van der Waals surface area contributed by atoms with Crippen LogP contribution in [0.5, 0.6) is 0 Å². The Morgan fingerprint density at radius 3 is 1.82 bits per heavy atom. The van der Waals surface area contributed by atoms with Crippen LogP contribution >= 0.6 is 0 Å². The van der Waals surface area contributed by atoms with Crippen molar-refractivity contribution in [3.8, 4) is 22.3 Å². The molecule has 0 N–H and O–H groups in total. The van der Waals surface area contributed by atoms with Gasteiger partial charge in [-0.3, -0.25) is 0 Å². The van der Waals surface area contributed by atoms with Crippen LogP contribution in [0.2, 0.25) is 0 Å².